The van der Waals surface area contributed by atoms with Gasteiger partial charge in [0, 0.05) is 54.1 Å². The monoisotopic (exact) mass is 592 g/mol. The number of hydrogen-bond donors (Lipinski definition) is 2. The Bertz CT molecular complexity index is 1820. The number of aromatic nitrogens is 3. The molecule has 2 aromatic heterocycles. The number of nitrogens with one attached hydrogen (secondary N) is 2. The lowest BCUT2D eigenvalue weighted by atomic mass is 9.87. The summed E-state index contributed by atoms with van der Waals surface area (Å²) in [5.74, 6) is -0.638. The van der Waals surface area contributed by atoms with E-state index < -0.39 is 11.7 Å². The smallest absolute Gasteiger partial charge is 0.255 e. The number of amides is 2. The Morgan fingerprint density at radius 2 is 1.64 bits per heavy atom. The van der Waals surface area contributed by atoms with Crippen LogP contribution in [0.2, 0.25) is 0 Å². The molecule has 0 saturated carbocycles. The van der Waals surface area contributed by atoms with E-state index in [1.54, 1.807) is 76.4 Å². The predicted octanol–water partition coefficient (Wildman–Crippen LogP) is 6.30. The van der Waals surface area contributed by atoms with Gasteiger partial charge in [0.15, 0.2) is 17.3 Å². The highest BCUT2D eigenvalue weighted by molar-refractivity contribution is 6.04. The number of anilines is 3. The molecular formula is C34H33FN6O3. The lowest BCUT2D eigenvalue weighted by Crippen LogP contribution is -2.40. The van der Waals surface area contributed by atoms with Gasteiger partial charge in [-0.15, -0.1) is 0 Å². The van der Waals surface area contributed by atoms with Crippen molar-refractivity contribution in [3.63, 3.8) is 0 Å². The maximum Gasteiger partial charge on any atom is 0.255 e. The van der Waals surface area contributed by atoms with Gasteiger partial charge in [0.1, 0.15) is 0 Å². The molecule has 0 unspecified atom stereocenters. The number of benzene rings is 3. The number of rotatable bonds is 6. The molecule has 10 heteroatoms. The fraction of sp³-hybridized carbons (Fsp3) is 0.235. The maximum atomic E-state index is 15.9. The SMILES string of the molecule is CC(C)(C)c1ccc(C(=O)Nc2cccc(-c3cn4ccnc4c(Nc4ccc(C(=O)N5CCOCC5)cc4)n3)c2F)cc1. The fourth-order valence-corrected chi connectivity index (χ4v) is 5.07. The van der Waals surface area contributed by atoms with E-state index >= 15 is 4.39 Å². The molecule has 0 radical (unpaired) electrons. The van der Waals surface area contributed by atoms with Crippen molar-refractivity contribution < 1.29 is 18.7 Å². The number of ether oxygens (including phenoxy) is 1. The first-order valence-corrected chi connectivity index (χ1v) is 14.5. The van der Waals surface area contributed by atoms with Gasteiger partial charge in [0.05, 0.1) is 24.6 Å². The molecule has 2 N–H and O–H groups in total. The van der Waals surface area contributed by atoms with E-state index in [0.717, 1.165) is 5.56 Å². The highest BCUT2D eigenvalue weighted by Gasteiger charge is 2.20. The van der Waals surface area contributed by atoms with Gasteiger partial charge in [-0.1, -0.05) is 39.0 Å². The second-order valence-corrected chi connectivity index (χ2v) is 11.7. The van der Waals surface area contributed by atoms with Crippen molar-refractivity contribution in [2.75, 3.05) is 36.9 Å². The first-order chi connectivity index (χ1) is 21.2. The Morgan fingerprint density at radius 3 is 2.34 bits per heavy atom. The molecule has 44 heavy (non-hydrogen) atoms. The molecule has 0 bridgehead atoms. The largest absolute Gasteiger partial charge is 0.378 e. The third kappa shape index (κ3) is 6.02. The van der Waals surface area contributed by atoms with Crippen molar-refractivity contribution in [2.24, 2.45) is 0 Å². The Balaban J connectivity index is 1.24. The molecule has 1 aliphatic rings. The second-order valence-electron chi connectivity index (χ2n) is 11.7. The Morgan fingerprint density at radius 1 is 0.932 bits per heavy atom. The van der Waals surface area contributed by atoms with Crippen LogP contribution in [0, 0.1) is 5.82 Å². The van der Waals surface area contributed by atoms with Crippen molar-refractivity contribution in [3.8, 4) is 11.3 Å². The Kier molecular flexibility index (Phi) is 7.84. The van der Waals surface area contributed by atoms with Crippen LogP contribution >= 0.6 is 0 Å². The molecule has 0 aliphatic carbocycles. The number of fused-ring (bicyclic) bond motifs is 1. The number of halogens is 1. The fourth-order valence-electron chi connectivity index (χ4n) is 5.07. The summed E-state index contributed by atoms with van der Waals surface area (Å²) in [7, 11) is 0. The summed E-state index contributed by atoms with van der Waals surface area (Å²) in [6.07, 6.45) is 5.07. The van der Waals surface area contributed by atoms with Gasteiger partial charge in [-0.2, -0.15) is 0 Å². The molecule has 5 aromatic rings. The van der Waals surface area contributed by atoms with Gasteiger partial charge in [-0.05, 0) is 59.5 Å². The van der Waals surface area contributed by atoms with Gasteiger partial charge < -0.3 is 24.7 Å². The highest BCUT2D eigenvalue weighted by atomic mass is 19.1. The molecule has 3 aromatic carbocycles. The summed E-state index contributed by atoms with van der Waals surface area (Å²) >= 11 is 0. The lowest BCUT2D eigenvalue weighted by Gasteiger charge is -2.26. The van der Waals surface area contributed by atoms with Gasteiger partial charge in [0.25, 0.3) is 11.8 Å². The van der Waals surface area contributed by atoms with Gasteiger partial charge in [-0.25, -0.2) is 14.4 Å². The summed E-state index contributed by atoms with van der Waals surface area (Å²) in [6, 6.07) is 19.2. The van der Waals surface area contributed by atoms with Crippen molar-refractivity contribution in [1.82, 2.24) is 19.3 Å². The molecule has 6 rings (SSSR count). The molecule has 1 saturated heterocycles. The minimum atomic E-state index is -0.601. The third-order valence-electron chi connectivity index (χ3n) is 7.60. The predicted molar refractivity (Wildman–Crippen MR) is 168 cm³/mol. The van der Waals surface area contributed by atoms with Crippen LogP contribution in [0.1, 0.15) is 47.1 Å². The molecule has 1 aliphatic heterocycles. The molecule has 0 atom stereocenters. The molecule has 224 valence electrons. The number of hydrogen-bond acceptors (Lipinski definition) is 6. The molecule has 0 spiro atoms. The molecule has 3 heterocycles. The van der Waals surface area contributed by atoms with Gasteiger partial charge in [0.2, 0.25) is 0 Å². The summed E-state index contributed by atoms with van der Waals surface area (Å²) in [5, 5.41) is 5.97. The van der Waals surface area contributed by atoms with Gasteiger partial charge in [-0.3, -0.25) is 9.59 Å². The first-order valence-electron chi connectivity index (χ1n) is 14.5. The average Bonchev–Trinajstić information content (AvgIpc) is 3.51. The van der Waals surface area contributed by atoms with Crippen LogP contribution in [-0.2, 0) is 10.2 Å². The molecule has 1 fully saturated rings. The number of imidazole rings is 1. The summed E-state index contributed by atoms with van der Waals surface area (Å²) < 4.78 is 23.0. The van der Waals surface area contributed by atoms with Crippen LogP contribution < -0.4 is 10.6 Å². The van der Waals surface area contributed by atoms with E-state index in [0.29, 0.717) is 60.3 Å². The van der Waals surface area contributed by atoms with Crippen LogP contribution in [0.25, 0.3) is 16.9 Å². The third-order valence-corrected chi connectivity index (χ3v) is 7.60. The average molecular weight is 593 g/mol. The minimum Gasteiger partial charge on any atom is -0.378 e. The van der Waals surface area contributed by atoms with E-state index in [1.807, 2.05) is 12.1 Å². The topological polar surface area (TPSA) is 101 Å². The summed E-state index contributed by atoms with van der Waals surface area (Å²) in [5.41, 5.74) is 3.93. The number of carbonyl (C=O) groups excluding carboxylic acids is 2. The van der Waals surface area contributed by atoms with Crippen molar-refractivity contribution in [2.45, 2.75) is 26.2 Å². The maximum absolute atomic E-state index is 15.9. The van der Waals surface area contributed by atoms with E-state index in [4.69, 9.17) is 9.72 Å². The second kappa shape index (κ2) is 11.9. The number of morpholine rings is 1. The Hall–Kier alpha value is -5.09. The molecular weight excluding hydrogens is 559 g/mol. The minimum absolute atomic E-state index is 0.0417. The zero-order chi connectivity index (χ0) is 30.8. The number of nitrogens with zero attached hydrogens (tertiary/aromatic N) is 4. The van der Waals surface area contributed by atoms with Crippen LogP contribution in [0.5, 0.6) is 0 Å². The van der Waals surface area contributed by atoms with Crippen LogP contribution in [0.15, 0.2) is 85.3 Å². The van der Waals surface area contributed by atoms with Crippen molar-refractivity contribution >= 4 is 34.7 Å². The molecule has 9 nitrogen and oxygen atoms in total. The Labute approximate surface area is 254 Å². The van der Waals surface area contributed by atoms with Gasteiger partial charge >= 0.3 is 0 Å². The van der Waals surface area contributed by atoms with Crippen LogP contribution in [0.3, 0.4) is 0 Å². The normalized spacial score (nSPS) is 13.6. The molecule has 2 amide bonds. The van der Waals surface area contributed by atoms with Crippen molar-refractivity contribution in [3.05, 3.63) is 108 Å². The highest BCUT2D eigenvalue weighted by Crippen LogP contribution is 2.30. The van der Waals surface area contributed by atoms with Crippen molar-refractivity contribution in [1.29, 1.82) is 0 Å². The summed E-state index contributed by atoms with van der Waals surface area (Å²) in [4.78, 5) is 36.7. The standard InChI is InChI=1S/C34H33FN6O3/c1-34(2,3)24-11-7-22(8-12-24)32(42)39-27-6-4-5-26(29(27)35)28-21-41-16-15-36-31(41)30(38-28)37-25-13-9-23(10-14-25)33(43)40-17-19-44-20-18-40/h4-16,21H,17-20H2,1-3H3,(H,37,38)(H,39,42). The quantitative estimate of drug-likeness (QED) is 0.240. The zero-order valence-corrected chi connectivity index (χ0v) is 24.8. The zero-order valence-electron chi connectivity index (χ0n) is 24.8. The van der Waals surface area contributed by atoms with E-state index in [9.17, 15) is 9.59 Å². The lowest BCUT2D eigenvalue weighted by molar-refractivity contribution is 0.0303. The van der Waals surface area contributed by atoms with Crippen LogP contribution in [0.4, 0.5) is 21.6 Å². The summed E-state index contributed by atoms with van der Waals surface area (Å²) in [6.45, 7) is 8.52. The first kappa shape index (κ1) is 29.0. The van der Waals surface area contributed by atoms with E-state index in [1.165, 1.54) is 6.07 Å². The van der Waals surface area contributed by atoms with E-state index in [-0.39, 0.29) is 22.6 Å². The van der Waals surface area contributed by atoms with E-state index in [2.05, 4.69) is 36.4 Å². The number of carbonyl (C=O) groups is 2. The van der Waals surface area contributed by atoms with Crippen LogP contribution in [-0.4, -0.2) is 57.4 Å².